The Labute approximate surface area is 171 Å². The molecule has 6 nitrogen and oxygen atoms in total. The first kappa shape index (κ1) is 20.1. The number of benzene rings is 1. The molecule has 0 saturated carbocycles. The van der Waals surface area contributed by atoms with Crippen LogP contribution in [0.25, 0.3) is 11.2 Å². The molecule has 0 bridgehead atoms. The van der Waals surface area contributed by atoms with Crippen molar-refractivity contribution in [1.29, 1.82) is 0 Å². The van der Waals surface area contributed by atoms with Crippen molar-refractivity contribution in [1.82, 2.24) is 20.3 Å². The molecular formula is C21H20F3N5O. The molecule has 3 aromatic rings. The van der Waals surface area contributed by atoms with Gasteiger partial charge in [-0.05, 0) is 36.6 Å². The molecule has 1 atom stereocenters. The van der Waals surface area contributed by atoms with Crippen LogP contribution in [0.2, 0.25) is 0 Å². The molecule has 1 aliphatic rings. The van der Waals surface area contributed by atoms with E-state index in [9.17, 15) is 18.0 Å². The van der Waals surface area contributed by atoms with Crippen LogP contribution >= 0.6 is 0 Å². The lowest BCUT2D eigenvalue weighted by Crippen LogP contribution is -2.43. The molecule has 156 valence electrons. The summed E-state index contributed by atoms with van der Waals surface area (Å²) in [6.07, 6.45) is 2.19. The van der Waals surface area contributed by atoms with E-state index in [1.807, 2.05) is 6.07 Å². The average molecular weight is 415 g/mol. The summed E-state index contributed by atoms with van der Waals surface area (Å²) >= 11 is 0. The maximum Gasteiger partial charge on any atom is 0.416 e. The minimum atomic E-state index is -4.36. The van der Waals surface area contributed by atoms with E-state index in [2.05, 4.69) is 25.2 Å². The quantitative estimate of drug-likeness (QED) is 0.705. The molecule has 9 heteroatoms. The van der Waals surface area contributed by atoms with E-state index in [1.165, 1.54) is 12.1 Å². The van der Waals surface area contributed by atoms with Crippen LogP contribution in [0.15, 0.2) is 48.9 Å². The molecule has 0 radical (unpaired) electrons. The SMILES string of the molecule is O=C(NCc1ccc(C(F)(F)F)cc1)[C@@H]1CCCN(c2cnc3nccnc3c2)C1. The van der Waals surface area contributed by atoms with E-state index in [4.69, 9.17) is 0 Å². The van der Waals surface area contributed by atoms with Crippen LogP contribution in [-0.2, 0) is 17.5 Å². The molecule has 1 aromatic carbocycles. The summed E-state index contributed by atoms with van der Waals surface area (Å²) < 4.78 is 38.0. The Bertz CT molecular complexity index is 1040. The van der Waals surface area contributed by atoms with E-state index < -0.39 is 11.7 Å². The van der Waals surface area contributed by atoms with E-state index in [-0.39, 0.29) is 18.4 Å². The highest BCUT2D eigenvalue weighted by molar-refractivity contribution is 5.80. The van der Waals surface area contributed by atoms with Crippen LogP contribution in [0.3, 0.4) is 0 Å². The van der Waals surface area contributed by atoms with Crippen LogP contribution in [0.5, 0.6) is 0 Å². The van der Waals surface area contributed by atoms with Crippen LogP contribution in [0, 0.1) is 5.92 Å². The summed E-state index contributed by atoms with van der Waals surface area (Å²) in [5.74, 6) is -0.307. The van der Waals surface area contributed by atoms with Gasteiger partial charge in [0.15, 0.2) is 5.65 Å². The van der Waals surface area contributed by atoms with Gasteiger partial charge in [-0.1, -0.05) is 12.1 Å². The summed E-state index contributed by atoms with van der Waals surface area (Å²) in [5, 5.41) is 2.84. The first-order chi connectivity index (χ1) is 14.4. The summed E-state index contributed by atoms with van der Waals surface area (Å²) in [6, 6.07) is 6.74. The molecule has 0 unspecified atom stereocenters. The number of hydrogen-bond donors (Lipinski definition) is 1. The molecule has 0 spiro atoms. The number of pyridine rings is 1. The van der Waals surface area contributed by atoms with Gasteiger partial charge in [-0.25, -0.2) is 9.97 Å². The number of piperidine rings is 1. The summed E-state index contributed by atoms with van der Waals surface area (Å²) in [6.45, 7) is 1.56. The number of aromatic nitrogens is 3. The van der Waals surface area contributed by atoms with Gasteiger partial charge in [0.1, 0.15) is 5.52 Å². The summed E-state index contributed by atoms with van der Waals surface area (Å²) in [7, 11) is 0. The standard InChI is InChI=1S/C21H20F3N5O/c22-21(23,24)16-5-3-14(4-6-16)11-28-20(30)15-2-1-9-29(13-15)17-10-18-19(27-12-17)26-8-7-25-18/h3-8,10,12,15H,1-2,9,11,13H2,(H,28,30)/t15-/m1/s1. The number of rotatable bonds is 4. The second kappa shape index (κ2) is 8.25. The lowest BCUT2D eigenvalue weighted by Gasteiger charge is -2.33. The van der Waals surface area contributed by atoms with Crippen molar-refractivity contribution in [3.8, 4) is 0 Å². The van der Waals surface area contributed by atoms with Gasteiger partial charge >= 0.3 is 6.18 Å². The van der Waals surface area contributed by atoms with Gasteiger partial charge in [0.05, 0.1) is 23.4 Å². The second-order valence-corrected chi connectivity index (χ2v) is 7.29. The van der Waals surface area contributed by atoms with E-state index in [0.29, 0.717) is 23.3 Å². The van der Waals surface area contributed by atoms with Crippen LogP contribution in [0.4, 0.5) is 18.9 Å². The van der Waals surface area contributed by atoms with Crippen molar-refractivity contribution in [3.63, 3.8) is 0 Å². The zero-order valence-electron chi connectivity index (χ0n) is 16.1. The molecular weight excluding hydrogens is 395 g/mol. The highest BCUT2D eigenvalue weighted by Gasteiger charge is 2.30. The maximum absolute atomic E-state index is 12.7. The number of amides is 1. The van der Waals surface area contributed by atoms with E-state index in [0.717, 1.165) is 37.2 Å². The number of carbonyl (C=O) groups excluding carboxylic acids is 1. The second-order valence-electron chi connectivity index (χ2n) is 7.29. The van der Waals surface area contributed by atoms with Gasteiger partial charge in [0.25, 0.3) is 0 Å². The molecule has 0 aliphatic carbocycles. The van der Waals surface area contributed by atoms with Gasteiger partial charge < -0.3 is 10.2 Å². The number of hydrogen-bond acceptors (Lipinski definition) is 5. The fraction of sp³-hybridized carbons (Fsp3) is 0.333. The predicted octanol–water partition coefficient (Wildman–Crippen LogP) is 3.58. The van der Waals surface area contributed by atoms with Gasteiger partial charge in [-0.2, -0.15) is 13.2 Å². The lowest BCUT2D eigenvalue weighted by atomic mass is 9.96. The lowest BCUT2D eigenvalue weighted by molar-refractivity contribution is -0.137. The third-order valence-corrected chi connectivity index (χ3v) is 5.22. The minimum Gasteiger partial charge on any atom is -0.369 e. The molecule has 2 aromatic heterocycles. The van der Waals surface area contributed by atoms with Crippen molar-refractivity contribution in [3.05, 3.63) is 60.0 Å². The molecule has 1 N–H and O–H groups in total. The van der Waals surface area contributed by atoms with Crippen LogP contribution < -0.4 is 10.2 Å². The number of nitrogens with zero attached hydrogens (tertiary/aromatic N) is 4. The Morgan fingerprint density at radius 2 is 1.90 bits per heavy atom. The maximum atomic E-state index is 12.7. The van der Waals surface area contributed by atoms with Crippen molar-refractivity contribution in [2.75, 3.05) is 18.0 Å². The molecule has 1 fully saturated rings. The Morgan fingerprint density at radius 3 is 2.67 bits per heavy atom. The highest BCUT2D eigenvalue weighted by atomic mass is 19.4. The molecule has 30 heavy (non-hydrogen) atoms. The average Bonchev–Trinajstić information content (AvgIpc) is 2.77. The third kappa shape index (κ3) is 4.50. The Morgan fingerprint density at radius 1 is 1.13 bits per heavy atom. The molecule has 1 saturated heterocycles. The topological polar surface area (TPSA) is 71.0 Å². The van der Waals surface area contributed by atoms with E-state index in [1.54, 1.807) is 18.6 Å². The Kier molecular flexibility index (Phi) is 5.52. The first-order valence-electron chi connectivity index (χ1n) is 9.66. The zero-order chi connectivity index (χ0) is 21.1. The van der Waals surface area contributed by atoms with E-state index >= 15 is 0 Å². The van der Waals surface area contributed by atoms with Crippen LogP contribution in [0.1, 0.15) is 24.0 Å². The zero-order valence-corrected chi connectivity index (χ0v) is 16.1. The van der Waals surface area contributed by atoms with Gasteiger partial charge in [0.2, 0.25) is 5.91 Å². The van der Waals surface area contributed by atoms with Crippen molar-refractivity contribution in [2.45, 2.75) is 25.6 Å². The molecule has 4 rings (SSSR count). The number of anilines is 1. The Hall–Kier alpha value is -3.23. The van der Waals surface area contributed by atoms with Crippen molar-refractivity contribution < 1.29 is 18.0 Å². The minimum absolute atomic E-state index is 0.104. The van der Waals surface area contributed by atoms with Crippen molar-refractivity contribution >= 4 is 22.8 Å². The fourth-order valence-electron chi connectivity index (χ4n) is 3.59. The van der Waals surface area contributed by atoms with Crippen molar-refractivity contribution in [2.24, 2.45) is 5.92 Å². The number of fused-ring (bicyclic) bond motifs is 1. The van der Waals surface area contributed by atoms with Gasteiger partial charge in [0, 0.05) is 32.0 Å². The monoisotopic (exact) mass is 415 g/mol. The number of alkyl halides is 3. The van der Waals surface area contributed by atoms with Gasteiger partial charge in [-0.15, -0.1) is 0 Å². The normalized spacial score (nSPS) is 17.2. The third-order valence-electron chi connectivity index (χ3n) is 5.22. The number of nitrogens with one attached hydrogen (secondary N) is 1. The number of halogens is 3. The predicted molar refractivity (Wildman–Crippen MR) is 106 cm³/mol. The van der Waals surface area contributed by atoms with Crippen LogP contribution in [-0.4, -0.2) is 33.9 Å². The largest absolute Gasteiger partial charge is 0.416 e. The fourth-order valence-corrected chi connectivity index (χ4v) is 3.59. The van der Waals surface area contributed by atoms with Gasteiger partial charge in [-0.3, -0.25) is 9.78 Å². The molecule has 3 heterocycles. The molecule has 1 amide bonds. The summed E-state index contributed by atoms with van der Waals surface area (Å²) in [4.78, 5) is 27.5. The first-order valence-corrected chi connectivity index (χ1v) is 9.66. The molecule has 1 aliphatic heterocycles. The number of carbonyl (C=O) groups is 1. The smallest absolute Gasteiger partial charge is 0.369 e. The highest BCUT2D eigenvalue weighted by Crippen LogP contribution is 2.29. The Balaban J connectivity index is 1.37. The summed E-state index contributed by atoms with van der Waals surface area (Å²) in [5.41, 5.74) is 2.09.